The van der Waals surface area contributed by atoms with Crippen LogP contribution < -0.4 is 0 Å². The molecule has 0 N–H and O–H groups in total. The number of benzene rings is 1. The maximum atomic E-state index is 13.5. The molecule has 1 aromatic carbocycles. The molecule has 2 rings (SSSR count). The molecule has 0 aliphatic carbocycles. The summed E-state index contributed by atoms with van der Waals surface area (Å²) >= 11 is 9.57. The van der Waals surface area contributed by atoms with E-state index in [0.29, 0.717) is 13.1 Å². The standard InChI is InChI=1S/C27H39BrClN3O2/c1-6-8-15-31(25(33)19-32(21(3)7-2)26(34)27(4,5)20-29)18-24-10-9-16-30(24)17-22-11-13-23(28)14-12-22/h9-14,16,21H,6-8,15,17-20H2,1-5H3. The van der Waals surface area contributed by atoms with Crippen molar-refractivity contribution in [1.29, 1.82) is 0 Å². The maximum Gasteiger partial charge on any atom is 0.242 e. The molecule has 0 saturated heterocycles. The largest absolute Gasteiger partial charge is 0.345 e. The van der Waals surface area contributed by atoms with Gasteiger partial charge in [0.15, 0.2) is 0 Å². The average molecular weight is 553 g/mol. The highest BCUT2D eigenvalue weighted by Crippen LogP contribution is 2.23. The van der Waals surface area contributed by atoms with Gasteiger partial charge in [-0.3, -0.25) is 9.59 Å². The number of rotatable bonds is 13. The van der Waals surface area contributed by atoms with Crippen molar-refractivity contribution >= 4 is 39.3 Å². The highest BCUT2D eigenvalue weighted by molar-refractivity contribution is 9.10. The van der Waals surface area contributed by atoms with Gasteiger partial charge in [-0.25, -0.2) is 0 Å². The van der Waals surface area contributed by atoms with Crippen molar-refractivity contribution < 1.29 is 9.59 Å². The zero-order valence-corrected chi connectivity index (χ0v) is 23.5. The molecule has 34 heavy (non-hydrogen) atoms. The molecule has 2 amide bonds. The normalized spacial score (nSPS) is 12.4. The Morgan fingerprint density at radius 3 is 2.41 bits per heavy atom. The molecule has 7 heteroatoms. The van der Waals surface area contributed by atoms with Crippen LogP contribution in [-0.4, -0.2) is 51.2 Å². The molecule has 188 valence electrons. The van der Waals surface area contributed by atoms with Crippen LogP contribution >= 0.6 is 27.5 Å². The molecule has 0 radical (unpaired) electrons. The predicted molar refractivity (Wildman–Crippen MR) is 144 cm³/mol. The minimum atomic E-state index is -0.709. The Hall–Kier alpha value is -1.79. The number of alkyl halides is 1. The van der Waals surface area contributed by atoms with E-state index in [-0.39, 0.29) is 30.3 Å². The van der Waals surface area contributed by atoms with Crippen LogP contribution in [0.25, 0.3) is 0 Å². The second-order valence-electron chi connectivity index (χ2n) is 9.63. The number of amides is 2. The van der Waals surface area contributed by atoms with Crippen molar-refractivity contribution in [2.24, 2.45) is 5.41 Å². The number of hydrogen-bond acceptors (Lipinski definition) is 2. The number of aromatic nitrogens is 1. The Labute approximate surface area is 218 Å². The first kappa shape index (κ1) is 28.4. The third kappa shape index (κ3) is 7.88. The summed E-state index contributed by atoms with van der Waals surface area (Å²) in [6.45, 7) is 11.8. The molecule has 0 saturated carbocycles. The lowest BCUT2D eigenvalue weighted by molar-refractivity contribution is -0.147. The van der Waals surface area contributed by atoms with Gasteiger partial charge in [0, 0.05) is 41.4 Å². The Morgan fingerprint density at radius 2 is 1.82 bits per heavy atom. The summed E-state index contributed by atoms with van der Waals surface area (Å²) in [5, 5.41) is 0. The average Bonchev–Trinajstić information content (AvgIpc) is 3.26. The van der Waals surface area contributed by atoms with Crippen LogP contribution in [-0.2, 0) is 22.7 Å². The smallest absolute Gasteiger partial charge is 0.242 e. The van der Waals surface area contributed by atoms with Crippen LogP contribution in [0, 0.1) is 5.41 Å². The number of carbonyl (C=O) groups is 2. The van der Waals surface area contributed by atoms with Gasteiger partial charge >= 0.3 is 0 Å². The molecule has 1 atom stereocenters. The van der Waals surface area contributed by atoms with Crippen molar-refractivity contribution in [2.45, 2.75) is 73.0 Å². The number of hydrogen-bond donors (Lipinski definition) is 0. The summed E-state index contributed by atoms with van der Waals surface area (Å²) in [5.41, 5.74) is 1.57. The van der Waals surface area contributed by atoms with Crippen LogP contribution in [0.4, 0.5) is 0 Å². The zero-order valence-electron chi connectivity index (χ0n) is 21.2. The molecule has 0 spiro atoms. The number of halogens is 2. The first-order chi connectivity index (χ1) is 16.1. The summed E-state index contributed by atoms with van der Waals surface area (Å²) in [7, 11) is 0. The fourth-order valence-corrected chi connectivity index (χ4v) is 4.09. The Morgan fingerprint density at radius 1 is 1.15 bits per heavy atom. The molecule has 0 fully saturated rings. The molecule has 2 aromatic rings. The van der Waals surface area contributed by atoms with Crippen LogP contribution in [0.2, 0.25) is 0 Å². The Balaban J connectivity index is 2.21. The lowest BCUT2D eigenvalue weighted by atomic mass is 9.93. The van der Waals surface area contributed by atoms with E-state index in [2.05, 4.69) is 51.8 Å². The number of unbranched alkanes of at least 4 members (excludes halogenated alkanes) is 1. The van der Waals surface area contributed by atoms with Gasteiger partial charge in [-0.15, -0.1) is 11.6 Å². The van der Waals surface area contributed by atoms with E-state index in [1.807, 2.05) is 50.8 Å². The van der Waals surface area contributed by atoms with Gasteiger partial charge in [-0.05, 0) is 63.4 Å². The van der Waals surface area contributed by atoms with Crippen LogP contribution in [0.3, 0.4) is 0 Å². The highest BCUT2D eigenvalue weighted by Gasteiger charge is 2.35. The van der Waals surface area contributed by atoms with Crippen LogP contribution in [0.5, 0.6) is 0 Å². The van der Waals surface area contributed by atoms with Crippen molar-refractivity contribution in [1.82, 2.24) is 14.4 Å². The molecule has 0 aliphatic rings. The molecular weight excluding hydrogens is 514 g/mol. The maximum absolute atomic E-state index is 13.5. The van der Waals surface area contributed by atoms with Crippen molar-refractivity contribution in [3.8, 4) is 0 Å². The molecule has 1 aromatic heterocycles. The summed E-state index contributed by atoms with van der Waals surface area (Å²) in [6.07, 6.45) is 4.75. The zero-order chi connectivity index (χ0) is 25.3. The molecular formula is C27H39BrClN3O2. The van der Waals surface area contributed by atoms with Crippen molar-refractivity contribution in [3.63, 3.8) is 0 Å². The van der Waals surface area contributed by atoms with Gasteiger partial charge < -0.3 is 14.4 Å². The lowest BCUT2D eigenvalue weighted by Crippen LogP contribution is -2.51. The van der Waals surface area contributed by atoms with Crippen molar-refractivity contribution in [3.05, 3.63) is 58.3 Å². The van der Waals surface area contributed by atoms with Gasteiger partial charge in [0.1, 0.15) is 6.54 Å². The van der Waals surface area contributed by atoms with Crippen LogP contribution in [0.1, 0.15) is 65.1 Å². The second kappa shape index (κ2) is 13.3. The first-order valence-corrected chi connectivity index (χ1v) is 13.5. The van der Waals surface area contributed by atoms with Crippen molar-refractivity contribution in [2.75, 3.05) is 19.0 Å². The topological polar surface area (TPSA) is 45.6 Å². The van der Waals surface area contributed by atoms with E-state index >= 15 is 0 Å². The van der Waals surface area contributed by atoms with E-state index in [9.17, 15) is 9.59 Å². The summed E-state index contributed by atoms with van der Waals surface area (Å²) < 4.78 is 3.24. The number of nitrogens with zero attached hydrogens (tertiary/aromatic N) is 3. The third-order valence-corrected chi connectivity index (χ3v) is 7.48. The van der Waals surface area contributed by atoms with Crippen LogP contribution in [0.15, 0.2) is 47.1 Å². The summed E-state index contributed by atoms with van der Waals surface area (Å²) in [6, 6.07) is 12.3. The van der Waals surface area contributed by atoms with Gasteiger partial charge in [-0.1, -0.05) is 48.3 Å². The fourth-order valence-electron chi connectivity index (χ4n) is 3.71. The van der Waals surface area contributed by atoms with E-state index in [1.54, 1.807) is 4.90 Å². The SMILES string of the molecule is CCCCN(Cc1cccn1Cc1ccc(Br)cc1)C(=O)CN(C(=O)C(C)(C)CCl)C(C)CC. The molecule has 1 unspecified atom stereocenters. The highest BCUT2D eigenvalue weighted by atomic mass is 79.9. The quantitative estimate of drug-likeness (QED) is 0.273. The monoisotopic (exact) mass is 551 g/mol. The van der Waals surface area contributed by atoms with E-state index in [4.69, 9.17) is 11.6 Å². The minimum Gasteiger partial charge on any atom is -0.345 e. The van der Waals surface area contributed by atoms with E-state index < -0.39 is 5.41 Å². The van der Waals surface area contributed by atoms with Gasteiger partial charge in [0.25, 0.3) is 0 Å². The fraction of sp³-hybridized carbons (Fsp3) is 0.556. The Bertz CT molecular complexity index is 926. The van der Waals surface area contributed by atoms with Gasteiger partial charge in [-0.2, -0.15) is 0 Å². The predicted octanol–water partition coefficient (Wildman–Crippen LogP) is 6.32. The molecule has 0 bridgehead atoms. The second-order valence-corrected chi connectivity index (χ2v) is 10.8. The summed E-state index contributed by atoms with van der Waals surface area (Å²) in [4.78, 5) is 30.4. The summed E-state index contributed by atoms with van der Waals surface area (Å²) in [5.74, 6) is 0.124. The third-order valence-electron chi connectivity index (χ3n) is 6.28. The molecule has 0 aliphatic heterocycles. The first-order valence-electron chi connectivity index (χ1n) is 12.2. The van der Waals surface area contributed by atoms with E-state index in [0.717, 1.165) is 36.0 Å². The van der Waals surface area contributed by atoms with Gasteiger partial charge in [0.05, 0.1) is 12.0 Å². The molecule has 1 heterocycles. The Kier molecular flexibility index (Phi) is 11.2. The number of carbonyl (C=O) groups excluding carboxylic acids is 2. The van der Waals surface area contributed by atoms with E-state index in [1.165, 1.54) is 5.56 Å². The molecule has 5 nitrogen and oxygen atoms in total. The lowest BCUT2D eigenvalue weighted by Gasteiger charge is -2.36. The van der Waals surface area contributed by atoms with Gasteiger partial charge in [0.2, 0.25) is 11.8 Å². The minimum absolute atomic E-state index is 0.0242.